The van der Waals surface area contributed by atoms with E-state index in [4.69, 9.17) is 0 Å². The van der Waals surface area contributed by atoms with Crippen LogP contribution in [-0.2, 0) is 24.3 Å². The fraction of sp³-hybridized carbons (Fsp3) is 0.500. The number of hydrogen-bond acceptors (Lipinski definition) is 1. The van der Waals surface area contributed by atoms with Crippen molar-refractivity contribution in [3.05, 3.63) is 7.43 Å². The number of nitrogens with zero attached hydrogens (tertiary/aromatic N) is 1. The molecule has 38 valence electrons. The van der Waals surface area contributed by atoms with Gasteiger partial charge in [-0.05, 0) is 14.1 Å². The minimum absolute atomic E-state index is 0. The van der Waals surface area contributed by atoms with Gasteiger partial charge in [0.25, 0.3) is 0 Å². The molecule has 0 heterocycles. The molecule has 7 heavy (non-hydrogen) atoms. The summed E-state index contributed by atoms with van der Waals surface area (Å²) in [6.45, 7) is 0. The van der Waals surface area contributed by atoms with Crippen LogP contribution in [0.3, 0.4) is 0 Å². The van der Waals surface area contributed by atoms with Crippen LogP contribution in [0, 0.1) is 7.43 Å². The van der Waals surface area contributed by atoms with Crippen molar-refractivity contribution >= 4 is 6.41 Å². The second-order valence-electron chi connectivity index (χ2n) is 0.986. The third kappa shape index (κ3) is 23.3. The van der Waals surface area contributed by atoms with E-state index >= 15 is 0 Å². The molecule has 0 fully saturated rings. The van der Waals surface area contributed by atoms with E-state index in [0.29, 0.717) is 0 Å². The Morgan fingerprint density at radius 2 is 1.57 bits per heavy atom. The van der Waals surface area contributed by atoms with Gasteiger partial charge in [-0.1, -0.05) is 0 Å². The Kier molecular flexibility index (Phi) is 21.2. The average molecular weight is 153 g/mol. The van der Waals surface area contributed by atoms with Gasteiger partial charge in [-0.15, -0.1) is 0 Å². The van der Waals surface area contributed by atoms with Crippen molar-refractivity contribution in [1.29, 1.82) is 0 Å². The minimum atomic E-state index is 0. The first-order valence-corrected chi connectivity index (χ1v) is 1.32. The van der Waals surface area contributed by atoms with Gasteiger partial charge in [-0.25, -0.2) is 0 Å². The van der Waals surface area contributed by atoms with Gasteiger partial charge in [0.1, 0.15) is 0 Å². The van der Waals surface area contributed by atoms with Crippen molar-refractivity contribution in [1.82, 2.24) is 4.90 Å². The molecule has 0 aromatic rings. The Balaban J connectivity index is -0.0000000800. The van der Waals surface area contributed by atoms with Crippen LogP contribution in [0.15, 0.2) is 0 Å². The first-order chi connectivity index (χ1) is 2.27. The van der Waals surface area contributed by atoms with Crippen molar-refractivity contribution in [3.8, 4) is 0 Å². The SMILES string of the molecule is CN(C)[C-]=O.[CH3-].[Zn+2]. The topological polar surface area (TPSA) is 20.3 Å². The molecule has 3 heteroatoms. The number of rotatable bonds is 1. The molecule has 0 aromatic carbocycles. The van der Waals surface area contributed by atoms with Crippen LogP contribution in [-0.4, -0.2) is 25.4 Å². The predicted molar refractivity (Wildman–Crippen MR) is 25.8 cm³/mol. The van der Waals surface area contributed by atoms with Gasteiger partial charge in [0.15, 0.2) is 0 Å². The summed E-state index contributed by atoms with van der Waals surface area (Å²) in [4.78, 5) is 10.6. The van der Waals surface area contributed by atoms with E-state index in [1.165, 1.54) is 4.90 Å². The molecule has 0 rings (SSSR count). The summed E-state index contributed by atoms with van der Waals surface area (Å²) in [5.41, 5.74) is 0. The fourth-order valence-corrected chi connectivity index (χ4v) is 0. The Bertz CT molecular complexity index is 38.7. The summed E-state index contributed by atoms with van der Waals surface area (Å²) < 4.78 is 0. The molecule has 1 amide bonds. The summed E-state index contributed by atoms with van der Waals surface area (Å²) in [7, 11) is 3.26. The summed E-state index contributed by atoms with van der Waals surface area (Å²) in [5.74, 6) is 0. The first kappa shape index (κ1) is 15.7. The maximum atomic E-state index is 9.31. The average Bonchev–Trinajstić information content (AvgIpc) is 1.38. The second-order valence-corrected chi connectivity index (χ2v) is 0.986. The molecule has 0 aliphatic rings. The molecular weight excluding hydrogens is 143 g/mol. The third-order valence-electron chi connectivity index (χ3n) is 0.183. The van der Waals surface area contributed by atoms with Crippen LogP contribution in [0.2, 0.25) is 0 Å². The van der Waals surface area contributed by atoms with Crippen LogP contribution in [0.4, 0.5) is 0 Å². The predicted octanol–water partition coefficient (Wildman–Crippen LogP) is 0.0630. The molecule has 0 radical (unpaired) electrons. The Labute approximate surface area is 57.6 Å². The third-order valence-corrected chi connectivity index (χ3v) is 0.183. The molecular formula is C4H9NOZn. The zero-order valence-electron chi connectivity index (χ0n) is 5.06. The molecule has 0 bridgehead atoms. The number of carbonyl (C=O) groups excluding carboxylic acids is 1. The maximum absolute atomic E-state index is 9.31. The minimum Gasteiger partial charge on any atom is -0.522 e. The molecule has 0 saturated carbocycles. The van der Waals surface area contributed by atoms with Crippen LogP contribution in [0.25, 0.3) is 0 Å². The Hall–Kier alpha value is 0.0934. The van der Waals surface area contributed by atoms with Crippen molar-refractivity contribution in [2.75, 3.05) is 14.1 Å². The Morgan fingerprint density at radius 3 is 1.57 bits per heavy atom. The van der Waals surface area contributed by atoms with Crippen LogP contribution in [0.1, 0.15) is 0 Å². The molecule has 0 aromatic heterocycles. The van der Waals surface area contributed by atoms with Gasteiger partial charge in [-0.3, -0.25) is 0 Å². The largest absolute Gasteiger partial charge is 2.00 e. The second kappa shape index (κ2) is 9.43. The zero-order valence-corrected chi connectivity index (χ0v) is 8.03. The number of hydrogen-bond donors (Lipinski definition) is 0. The van der Waals surface area contributed by atoms with Gasteiger partial charge >= 0.3 is 19.5 Å². The fourth-order valence-electron chi connectivity index (χ4n) is 0. The molecule has 0 aliphatic carbocycles. The summed E-state index contributed by atoms with van der Waals surface area (Å²) in [6.07, 6.45) is 1.61. The van der Waals surface area contributed by atoms with E-state index in [1.807, 2.05) is 0 Å². The van der Waals surface area contributed by atoms with Crippen molar-refractivity contribution < 1.29 is 24.3 Å². The van der Waals surface area contributed by atoms with Gasteiger partial charge in [0, 0.05) is 0 Å². The Morgan fingerprint density at radius 1 is 1.43 bits per heavy atom. The monoisotopic (exact) mass is 151 g/mol. The van der Waals surface area contributed by atoms with E-state index in [2.05, 4.69) is 0 Å². The van der Waals surface area contributed by atoms with Crippen molar-refractivity contribution in [2.45, 2.75) is 0 Å². The molecule has 0 aliphatic heterocycles. The smallest absolute Gasteiger partial charge is 0.522 e. The molecule has 0 saturated heterocycles. The van der Waals surface area contributed by atoms with Gasteiger partial charge in [-0.2, -0.15) is 6.41 Å². The summed E-state index contributed by atoms with van der Waals surface area (Å²) >= 11 is 0. The maximum Gasteiger partial charge on any atom is 2.00 e. The summed E-state index contributed by atoms with van der Waals surface area (Å²) in [5, 5.41) is 0. The standard InChI is InChI=1S/C3H6NO.CH3.Zn/c1-4(2)3-5;;/h1-2H3;1H3;/q2*-1;+2. The summed E-state index contributed by atoms with van der Waals surface area (Å²) in [6, 6.07) is 0. The first-order valence-electron chi connectivity index (χ1n) is 1.32. The van der Waals surface area contributed by atoms with Gasteiger partial charge in [0.05, 0.1) is 0 Å². The molecule has 2 nitrogen and oxygen atoms in total. The quantitative estimate of drug-likeness (QED) is 0.296. The van der Waals surface area contributed by atoms with Crippen LogP contribution >= 0.6 is 0 Å². The van der Waals surface area contributed by atoms with E-state index in [9.17, 15) is 4.79 Å². The van der Waals surface area contributed by atoms with Crippen molar-refractivity contribution in [3.63, 3.8) is 0 Å². The molecule has 0 N–H and O–H groups in total. The van der Waals surface area contributed by atoms with E-state index < -0.39 is 0 Å². The number of amides is 1. The van der Waals surface area contributed by atoms with E-state index in [0.717, 1.165) is 0 Å². The molecule has 0 unspecified atom stereocenters. The van der Waals surface area contributed by atoms with Gasteiger partial charge < -0.3 is 17.1 Å². The molecule has 0 spiro atoms. The zero-order chi connectivity index (χ0) is 4.28. The van der Waals surface area contributed by atoms with E-state index in [-0.39, 0.29) is 26.9 Å². The van der Waals surface area contributed by atoms with Gasteiger partial charge in [0.2, 0.25) is 0 Å². The van der Waals surface area contributed by atoms with Crippen LogP contribution < -0.4 is 0 Å². The van der Waals surface area contributed by atoms with Crippen molar-refractivity contribution in [2.24, 2.45) is 0 Å². The molecule has 0 atom stereocenters. The van der Waals surface area contributed by atoms with E-state index in [1.54, 1.807) is 20.5 Å². The normalized spacial score (nSPS) is 4.86. The van der Waals surface area contributed by atoms with Crippen LogP contribution in [0.5, 0.6) is 0 Å².